The maximum Gasteiger partial charge on any atom is 0.108 e. The summed E-state index contributed by atoms with van der Waals surface area (Å²) in [5.41, 5.74) is 2.42. The molecule has 1 nitrogen and oxygen atoms in total. The maximum atomic E-state index is 5.70. The van der Waals surface area contributed by atoms with Gasteiger partial charge in [0, 0.05) is 5.75 Å². The molecule has 15 heavy (non-hydrogen) atoms. The minimum atomic E-state index is 0.341. The highest BCUT2D eigenvalue weighted by molar-refractivity contribution is 8.06. The number of allylic oxidation sites excluding steroid dienone is 1. The number of ether oxygens (including phenoxy) is 1. The van der Waals surface area contributed by atoms with E-state index in [2.05, 4.69) is 26.0 Å². The van der Waals surface area contributed by atoms with Gasteiger partial charge in [-0.2, -0.15) is 11.8 Å². The van der Waals surface area contributed by atoms with Crippen LogP contribution in [0, 0.1) is 0 Å². The van der Waals surface area contributed by atoms with E-state index in [9.17, 15) is 0 Å². The number of benzene rings is 1. The fourth-order valence-electron chi connectivity index (χ4n) is 1.39. The number of thioether (sulfide) groups is 1. The zero-order valence-corrected chi connectivity index (χ0v) is 9.96. The molecule has 0 amide bonds. The summed E-state index contributed by atoms with van der Waals surface area (Å²) in [6, 6.07) is 10.3. The minimum absolute atomic E-state index is 0.341. The van der Waals surface area contributed by atoms with E-state index in [0.717, 1.165) is 0 Å². The van der Waals surface area contributed by atoms with Crippen molar-refractivity contribution < 1.29 is 4.74 Å². The molecule has 0 bridgehead atoms. The first kappa shape index (κ1) is 10.6. The van der Waals surface area contributed by atoms with Crippen molar-refractivity contribution in [2.75, 3.05) is 5.75 Å². The van der Waals surface area contributed by atoms with E-state index in [1.165, 1.54) is 16.9 Å². The smallest absolute Gasteiger partial charge is 0.108 e. The van der Waals surface area contributed by atoms with Gasteiger partial charge in [-0.15, -0.1) is 0 Å². The molecular formula is C13H16OS. The van der Waals surface area contributed by atoms with Crippen molar-refractivity contribution in [2.24, 2.45) is 0 Å². The van der Waals surface area contributed by atoms with Gasteiger partial charge in [-0.25, -0.2) is 0 Å². The Morgan fingerprint density at radius 2 is 2.13 bits per heavy atom. The standard InChI is InChI=1S/C13H16OS/c1-10(12-6-4-3-5-7-12)8-14-11(2)13-9-15-13/h3-8,11,13H,9H2,1-2H3/b10-8-. The molecule has 1 aliphatic rings. The third kappa shape index (κ3) is 3.03. The molecule has 0 N–H and O–H groups in total. The van der Waals surface area contributed by atoms with Crippen molar-refractivity contribution in [3.05, 3.63) is 42.2 Å². The van der Waals surface area contributed by atoms with Gasteiger partial charge in [-0.3, -0.25) is 0 Å². The highest BCUT2D eigenvalue weighted by Crippen LogP contribution is 2.34. The molecular weight excluding hydrogens is 204 g/mol. The van der Waals surface area contributed by atoms with Gasteiger partial charge in [0.05, 0.1) is 11.5 Å². The molecule has 2 unspecified atom stereocenters. The van der Waals surface area contributed by atoms with E-state index in [-0.39, 0.29) is 0 Å². The van der Waals surface area contributed by atoms with E-state index >= 15 is 0 Å². The Bertz CT molecular complexity index is 341. The van der Waals surface area contributed by atoms with Crippen LogP contribution in [0.2, 0.25) is 0 Å². The SMILES string of the molecule is C/C(=C/OC(C)C1CS1)c1ccccc1. The molecule has 2 atom stereocenters. The first-order chi connectivity index (χ1) is 7.27. The molecule has 80 valence electrons. The van der Waals surface area contributed by atoms with Crippen molar-refractivity contribution in [3.8, 4) is 0 Å². The minimum Gasteiger partial charge on any atom is -0.497 e. The third-order valence-electron chi connectivity index (χ3n) is 2.57. The lowest BCUT2D eigenvalue weighted by atomic mass is 10.1. The normalized spacial score (nSPS) is 22.3. The number of hydrogen-bond donors (Lipinski definition) is 0. The van der Waals surface area contributed by atoms with E-state index < -0.39 is 0 Å². The topological polar surface area (TPSA) is 9.23 Å². The quantitative estimate of drug-likeness (QED) is 0.566. The Kier molecular flexibility index (Phi) is 3.37. The Morgan fingerprint density at radius 1 is 1.47 bits per heavy atom. The molecule has 1 aromatic carbocycles. The fourth-order valence-corrected chi connectivity index (χ4v) is 2.11. The van der Waals surface area contributed by atoms with Crippen LogP contribution >= 0.6 is 11.8 Å². The van der Waals surface area contributed by atoms with Gasteiger partial charge in [0.2, 0.25) is 0 Å². The van der Waals surface area contributed by atoms with Gasteiger partial charge in [0.1, 0.15) is 6.10 Å². The molecule has 1 heterocycles. The van der Waals surface area contributed by atoms with Crippen LogP contribution in [0.25, 0.3) is 5.57 Å². The molecule has 2 rings (SSSR count). The predicted molar refractivity (Wildman–Crippen MR) is 66.9 cm³/mol. The first-order valence-corrected chi connectivity index (χ1v) is 6.31. The molecule has 0 aliphatic carbocycles. The molecule has 1 saturated heterocycles. The maximum absolute atomic E-state index is 5.70. The van der Waals surface area contributed by atoms with Crippen LogP contribution in [-0.4, -0.2) is 17.1 Å². The number of hydrogen-bond acceptors (Lipinski definition) is 2. The summed E-state index contributed by atoms with van der Waals surface area (Å²) in [5, 5.41) is 0.713. The summed E-state index contributed by atoms with van der Waals surface area (Å²) in [6.45, 7) is 4.22. The van der Waals surface area contributed by atoms with E-state index in [0.29, 0.717) is 11.4 Å². The Hall–Kier alpha value is -0.890. The summed E-state index contributed by atoms with van der Waals surface area (Å²) in [5.74, 6) is 1.25. The van der Waals surface area contributed by atoms with Gasteiger partial charge >= 0.3 is 0 Å². The zero-order chi connectivity index (χ0) is 10.7. The van der Waals surface area contributed by atoms with Crippen molar-refractivity contribution in [1.29, 1.82) is 0 Å². The first-order valence-electron chi connectivity index (χ1n) is 5.26. The van der Waals surface area contributed by atoms with Crippen molar-refractivity contribution in [2.45, 2.75) is 25.2 Å². The van der Waals surface area contributed by atoms with Crippen LogP contribution in [0.4, 0.5) is 0 Å². The highest BCUT2D eigenvalue weighted by Gasteiger charge is 2.29. The van der Waals surface area contributed by atoms with Crippen LogP contribution < -0.4 is 0 Å². The van der Waals surface area contributed by atoms with Crippen LogP contribution in [0.3, 0.4) is 0 Å². The van der Waals surface area contributed by atoms with Crippen molar-refractivity contribution >= 4 is 17.3 Å². The van der Waals surface area contributed by atoms with Gasteiger partial charge in [-0.05, 0) is 25.0 Å². The van der Waals surface area contributed by atoms with E-state index in [1.54, 1.807) is 0 Å². The Morgan fingerprint density at radius 3 is 2.73 bits per heavy atom. The highest BCUT2D eigenvalue weighted by atomic mass is 32.2. The zero-order valence-electron chi connectivity index (χ0n) is 9.14. The molecule has 0 aromatic heterocycles. The molecule has 0 saturated carbocycles. The lowest BCUT2D eigenvalue weighted by Crippen LogP contribution is -2.10. The summed E-state index contributed by atoms with van der Waals surface area (Å²) >= 11 is 1.97. The molecule has 1 aromatic rings. The van der Waals surface area contributed by atoms with Crippen LogP contribution in [0.1, 0.15) is 19.4 Å². The van der Waals surface area contributed by atoms with E-state index in [4.69, 9.17) is 4.74 Å². The summed E-state index contributed by atoms with van der Waals surface area (Å²) in [4.78, 5) is 0. The lowest BCUT2D eigenvalue weighted by molar-refractivity contribution is 0.171. The molecule has 0 spiro atoms. The van der Waals surface area contributed by atoms with Crippen LogP contribution in [0.15, 0.2) is 36.6 Å². The Labute approximate surface area is 95.5 Å². The van der Waals surface area contributed by atoms with Gasteiger partial charge < -0.3 is 4.74 Å². The predicted octanol–water partition coefficient (Wildman–Crippen LogP) is 3.57. The largest absolute Gasteiger partial charge is 0.497 e. The third-order valence-corrected chi connectivity index (χ3v) is 3.67. The van der Waals surface area contributed by atoms with Crippen molar-refractivity contribution in [3.63, 3.8) is 0 Å². The molecule has 1 fully saturated rings. The fraction of sp³-hybridized carbons (Fsp3) is 0.385. The van der Waals surface area contributed by atoms with Crippen LogP contribution in [-0.2, 0) is 4.74 Å². The second-order valence-corrected chi connectivity index (χ2v) is 5.15. The average Bonchev–Trinajstić information content (AvgIpc) is 3.10. The lowest BCUT2D eigenvalue weighted by Gasteiger charge is -2.10. The molecule has 1 aliphatic heterocycles. The summed E-state index contributed by atoms with van der Waals surface area (Å²) in [7, 11) is 0. The average molecular weight is 220 g/mol. The van der Waals surface area contributed by atoms with E-state index in [1.807, 2.05) is 36.2 Å². The van der Waals surface area contributed by atoms with Gasteiger partial charge in [0.25, 0.3) is 0 Å². The second-order valence-electron chi connectivity index (χ2n) is 3.88. The summed E-state index contributed by atoms with van der Waals surface area (Å²) < 4.78 is 5.70. The van der Waals surface area contributed by atoms with Gasteiger partial charge in [-0.1, -0.05) is 30.3 Å². The molecule has 2 heteroatoms. The molecule has 0 radical (unpaired) electrons. The summed E-state index contributed by atoms with van der Waals surface area (Å²) in [6.07, 6.45) is 2.23. The number of rotatable bonds is 4. The van der Waals surface area contributed by atoms with Crippen LogP contribution in [0.5, 0.6) is 0 Å². The second kappa shape index (κ2) is 4.75. The Balaban J connectivity index is 1.94. The monoisotopic (exact) mass is 220 g/mol. The van der Waals surface area contributed by atoms with Crippen molar-refractivity contribution in [1.82, 2.24) is 0 Å². The van der Waals surface area contributed by atoms with Gasteiger partial charge in [0.15, 0.2) is 0 Å².